The van der Waals surface area contributed by atoms with Gasteiger partial charge in [0, 0.05) is 5.69 Å². The predicted octanol–water partition coefficient (Wildman–Crippen LogP) is 1.93. The van der Waals surface area contributed by atoms with Gasteiger partial charge in [-0.3, -0.25) is 9.59 Å². The SMILES string of the molecule is CCc1ccc(NC(=O)C(=O)N/N=C/c2ccco2)cc1. The van der Waals surface area contributed by atoms with Crippen LogP contribution in [0.5, 0.6) is 0 Å². The van der Waals surface area contributed by atoms with E-state index >= 15 is 0 Å². The Kier molecular flexibility index (Phi) is 4.87. The number of hydrogen-bond acceptors (Lipinski definition) is 4. The van der Waals surface area contributed by atoms with Crippen molar-refractivity contribution in [2.75, 3.05) is 5.32 Å². The fraction of sp³-hybridized carbons (Fsp3) is 0.133. The summed E-state index contributed by atoms with van der Waals surface area (Å²) in [6.45, 7) is 2.04. The van der Waals surface area contributed by atoms with Gasteiger partial charge in [-0.05, 0) is 36.2 Å². The van der Waals surface area contributed by atoms with Crippen LogP contribution in [0.25, 0.3) is 0 Å². The molecule has 2 rings (SSSR count). The van der Waals surface area contributed by atoms with E-state index in [0.29, 0.717) is 11.4 Å². The van der Waals surface area contributed by atoms with E-state index in [1.165, 1.54) is 12.5 Å². The third-order valence-corrected chi connectivity index (χ3v) is 2.73. The first-order valence-electron chi connectivity index (χ1n) is 6.46. The summed E-state index contributed by atoms with van der Waals surface area (Å²) in [6.07, 6.45) is 3.70. The normalized spacial score (nSPS) is 10.5. The summed E-state index contributed by atoms with van der Waals surface area (Å²) in [7, 11) is 0. The molecule has 0 spiro atoms. The third-order valence-electron chi connectivity index (χ3n) is 2.73. The van der Waals surface area contributed by atoms with Crippen molar-refractivity contribution in [1.29, 1.82) is 0 Å². The maximum Gasteiger partial charge on any atom is 0.329 e. The van der Waals surface area contributed by atoms with Crippen molar-refractivity contribution < 1.29 is 14.0 Å². The zero-order valence-electron chi connectivity index (χ0n) is 11.5. The van der Waals surface area contributed by atoms with Gasteiger partial charge in [0.2, 0.25) is 0 Å². The molecule has 21 heavy (non-hydrogen) atoms. The molecule has 2 aromatic rings. The van der Waals surface area contributed by atoms with Crippen LogP contribution in [0.1, 0.15) is 18.2 Å². The van der Waals surface area contributed by atoms with E-state index in [1.54, 1.807) is 24.3 Å². The van der Waals surface area contributed by atoms with Gasteiger partial charge in [-0.1, -0.05) is 19.1 Å². The Bertz CT molecular complexity index is 631. The molecule has 6 heteroatoms. The first kappa shape index (κ1) is 14.5. The molecule has 0 aliphatic rings. The lowest BCUT2D eigenvalue weighted by Gasteiger charge is -2.04. The summed E-state index contributed by atoms with van der Waals surface area (Å²) in [4.78, 5) is 23.2. The monoisotopic (exact) mass is 285 g/mol. The van der Waals surface area contributed by atoms with Crippen LogP contribution in [0.3, 0.4) is 0 Å². The Hall–Kier alpha value is -2.89. The second kappa shape index (κ2) is 7.04. The Balaban J connectivity index is 1.85. The lowest BCUT2D eigenvalue weighted by Crippen LogP contribution is -2.32. The highest BCUT2D eigenvalue weighted by atomic mass is 16.3. The molecule has 2 amide bonds. The molecule has 0 unspecified atom stereocenters. The van der Waals surface area contributed by atoms with Gasteiger partial charge < -0.3 is 9.73 Å². The second-order valence-corrected chi connectivity index (χ2v) is 4.22. The van der Waals surface area contributed by atoms with Crippen LogP contribution in [0, 0.1) is 0 Å². The average molecular weight is 285 g/mol. The number of carbonyl (C=O) groups is 2. The van der Waals surface area contributed by atoms with Crippen LogP contribution in [-0.2, 0) is 16.0 Å². The topological polar surface area (TPSA) is 83.7 Å². The van der Waals surface area contributed by atoms with E-state index in [4.69, 9.17) is 4.42 Å². The van der Waals surface area contributed by atoms with Crippen molar-refractivity contribution in [2.24, 2.45) is 5.10 Å². The molecule has 0 saturated heterocycles. The van der Waals surface area contributed by atoms with Crippen LogP contribution < -0.4 is 10.7 Å². The molecular weight excluding hydrogens is 270 g/mol. The van der Waals surface area contributed by atoms with Crippen LogP contribution in [0.2, 0.25) is 0 Å². The Labute approximate surface area is 121 Å². The van der Waals surface area contributed by atoms with Crippen LogP contribution in [0.15, 0.2) is 52.2 Å². The van der Waals surface area contributed by atoms with E-state index in [2.05, 4.69) is 15.8 Å². The number of nitrogens with one attached hydrogen (secondary N) is 2. The molecule has 2 N–H and O–H groups in total. The summed E-state index contributed by atoms with van der Waals surface area (Å²) in [6, 6.07) is 10.6. The molecule has 1 heterocycles. The van der Waals surface area contributed by atoms with E-state index in [-0.39, 0.29) is 0 Å². The number of carbonyl (C=O) groups excluding carboxylic acids is 2. The minimum absolute atomic E-state index is 0.478. The fourth-order valence-electron chi connectivity index (χ4n) is 1.58. The van der Waals surface area contributed by atoms with Crippen LogP contribution in [0.4, 0.5) is 5.69 Å². The number of amides is 2. The zero-order chi connectivity index (χ0) is 15.1. The molecule has 0 fully saturated rings. The van der Waals surface area contributed by atoms with Gasteiger partial charge in [0.15, 0.2) is 0 Å². The van der Waals surface area contributed by atoms with Gasteiger partial charge >= 0.3 is 11.8 Å². The first-order valence-corrected chi connectivity index (χ1v) is 6.46. The number of hydrogen-bond donors (Lipinski definition) is 2. The van der Waals surface area contributed by atoms with Gasteiger partial charge in [-0.25, -0.2) is 5.43 Å². The fourth-order valence-corrected chi connectivity index (χ4v) is 1.58. The number of rotatable bonds is 4. The van der Waals surface area contributed by atoms with Gasteiger partial charge in [0.25, 0.3) is 0 Å². The quantitative estimate of drug-likeness (QED) is 0.511. The molecule has 0 atom stereocenters. The summed E-state index contributed by atoms with van der Waals surface area (Å²) < 4.78 is 4.99. The minimum Gasteiger partial charge on any atom is -0.463 e. The summed E-state index contributed by atoms with van der Waals surface area (Å²) in [5, 5.41) is 6.11. The van der Waals surface area contributed by atoms with Crippen molar-refractivity contribution in [2.45, 2.75) is 13.3 Å². The van der Waals surface area contributed by atoms with Crippen molar-refractivity contribution >= 4 is 23.7 Å². The highest BCUT2D eigenvalue weighted by Gasteiger charge is 2.12. The lowest BCUT2D eigenvalue weighted by molar-refractivity contribution is -0.136. The Morgan fingerprint density at radius 1 is 1.19 bits per heavy atom. The smallest absolute Gasteiger partial charge is 0.329 e. The number of nitrogens with zero attached hydrogens (tertiary/aromatic N) is 1. The molecule has 0 radical (unpaired) electrons. The summed E-state index contributed by atoms with van der Waals surface area (Å²) in [5.74, 6) is -1.15. The zero-order valence-corrected chi connectivity index (χ0v) is 11.5. The van der Waals surface area contributed by atoms with E-state index < -0.39 is 11.8 Å². The van der Waals surface area contributed by atoms with Crippen LogP contribution in [-0.4, -0.2) is 18.0 Å². The minimum atomic E-state index is -0.850. The van der Waals surface area contributed by atoms with Gasteiger partial charge in [-0.15, -0.1) is 0 Å². The molecular formula is C15H15N3O3. The van der Waals surface area contributed by atoms with E-state index in [9.17, 15) is 9.59 Å². The number of anilines is 1. The van der Waals surface area contributed by atoms with Gasteiger partial charge in [0.05, 0.1) is 12.5 Å². The highest BCUT2D eigenvalue weighted by molar-refractivity contribution is 6.39. The number of hydrazone groups is 1. The molecule has 1 aromatic heterocycles. The Morgan fingerprint density at radius 3 is 2.57 bits per heavy atom. The third kappa shape index (κ3) is 4.31. The lowest BCUT2D eigenvalue weighted by atomic mass is 10.1. The van der Waals surface area contributed by atoms with E-state index in [0.717, 1.165) is 12.0 Å². The second-order valence-electron chi connectivity index (χ2n) is 4.22. The van der Waals surface area contributed by atoms with E-state index in [1.807, 2.05) is 19.1 Å². The molecule has 6 nitrogen and oxygen atoms in total. The van der Waals surface area contributed by atoms with Crippen molar-refractivity contribution in [1.82, 2.24) is 5.43 Å². The van der Waals surface area contributed by atoms with Gasteiger partial charge in [-0.2, -0.15) is 5.10 Å². The predicted molar refractivity (Wildman–Crippen MR) is 78.9 cm³/mol. The highest BCUT2D eigenvalue weighted by Crippen LogP contribution is 2.09. The van der Waals surface area contributed by atoms with Crippen LogP contribution >= 0.6 is 0 Å². The van der Waals surface area contributed by atoms with Gasteiger partial charge in [0.1, 0.15) is 5.76 Å². The molecule has 1 aromatic carbocycles. The first-order chi connectivity index (χ1) is 10.2. The average Bonchev–Trinajstić information content (AvgIpc) is 3.01. The largest absolute Gasteiger partial charge is 0.463 e. The van der Waals surface area contributed by atoms with Crippen molar-refractivity contribution in [3.8, 4) is 0 Å². The molecule has 108 valence electrons. The maximum absolute atomic E-state index is 11.6. The molecule has 0 aliphatic carbocycles. The standard InChI is InChI=1S/C15H15N3O3/c1-2-11-5-7-12(8-6-11)17-14(19)15(20)18-16-10-13-4-3-9-21-13/h3-10H,2H2,1H3,(H,17,19)(H,18,20)/b16-10+. The van der Waals surface area contributed by atoms with Crippen molar-refractivity contribution in [3.63, 3.8) is 0 Å². The molecule has 0 bridgehead atoms. The maximum atomic E-state index is 11.6. The number of furan rings is 1. The molecule has 0 saturated carbocycles. The Morgan fingerprint density at radius 2 is 1.95 bits per heavy atom. The summed E-state index contributed by atoms with van der Waals surface area (Å²) in [5.41, 5.74) is 3.83. The number of aryl methyl sites for hydroxylation is 1. The van der Waals surface area contributed by atoms with Crippen molar-refractivity contribution in [3.05, 3.63) is 54.0 Å². The summed E-state index contributed by atoms with van der Waals surface area (Å²) >= 11 is 0. The molecule has 0 aliphatic heterocycles. The number of benzene rings is 1.